The highest BCUT2D eigenvalue weighted by atomic mass is 35.5. The van der Waals surface area contributed by atoms with E-state index in [1.54, 1.807) is 0 Å². The van der Waals surface area contributed by atoms with E-state index in [0.29, 0.717) is 24.2 Å². The molecule has 1 atom stereocenters. The zero-order chi connectivity index (χ0) is 20.4. The number of carbonyl (C=O) groups excluding carboxylic acids is 1. The number of nitrogens with two attached hydrogens (primary N) is 1. The fourth-order valence-corrected chi connectivity index (χ4v) is 2.76. The maximum Gasteiger partial charge on any atom is 0.410 e. The third kappa shape index (κ3) is 7.79. The normalized spacial score (nSPS) is 11.7. The van der Waals surface area contributed by atoms with E-state index < -0.39 is 23.0 Å². The standard InChI is InChI=1S/C17H24ClN3O6/c1-2-6-20(7-5-18)17(24)27-11-12-3-4-15(21(25)26)13(8-12)9-14(19)10-16(22)23/h3-4,8,14H,2,5-7,9-11,19H2,1H3,(H,22,23)/t14-/m0/s1. The fraction of sp³-hybridized carbons (Fsp3) is 0.529. The molecule has 0 radical (unpaired) electrons. The van der Waals surface area contributed by atoms with Crippen LogP contribution in [-0.4, -0.2) is 52.0 Å². The molecule has 1 rings (SSSR count). The maximum absolute atomic E-state index is 12.1. The number of hydrogen-bond acceptors (Lipinski definition) is 6. The molecular weight excluding hydrogens is 378 g/mol. The van der Waals surface area contributed by atoms with Crippen molar-refractivity contribution in [3.63, 3.8) is 0 Å². The quantitative estimate of drug-likeness (QED) is 0.330. The number of nitro benzene ring substituents is 1. The first-order valence-corrected chi connectivity index (χ1v) is 9.03. The SMILES string of the molecule is CCCN(CCCl)C(=O)OCc1ccc([N+](=O)[O-])c(C[C@H](N)CC(=O)O)c1. The van der Waals surface area contributed by atoms with Crippen molar-refractivity contribution >= 4 is 29.4 Å². The summed E-state index contributed by atoms with van der Waals surface area (Å²) in [5, 5.41) is 20.0. The molecule has 10 heteroatoms. The van der Waals surface area contributed by atoms with E-state index in [-0.39, 0.29) is 31.0 Å². The Labute approximate surface area is 162 Å². The minimum Gasteiger partial charge on any atom is -0.481 e. The summed E-state index contributed by atoms with van der Waals surface area (Å²) in [6.07, 6.45) is -0.0332. The molecule has 0 aliphatic heterocycles. The van der Waals surface area contributed by atoms with E-state index in [4.69, 9.17) is 27.2 Å². The number of nitro groups is 1. The highest BCUT2D eigenvalue weighted by molar-refractivity contribution is 6.18. The van der Waals surface area contributed by atoms with Gasteiger partial charge in [0.05, 0.1) is 11.3 Å². The summed E-state index contributed by atoms with van der Waals surface area (Å²) < 4.78 is 5.25. The Kier molecular flexibility index (Phi) is 9.52. The predicted octanol–water partition coefficient (Wildman–Crippen LogP) is 2.53. The highest BCUT2D eigenvalue weighted by Crippen LogP contribution is 2.22. The van der Waals surface area contributed by atoms with E-state index >= 15 is 0 Å². The number of rotatable bonds is 11. The molecule has 1 aromatic carbocycles. The van der Waals surface area contributed by atoms with Crippen LogP contribution in [0.15, 0.2) is 18.2 Å². The van der Waals surface area contributed by atoms with Gasteiger partial charge < -0.3 is 20.5 Å². The maximum atomic E-state index is 12.1. The van der Waals surface area contributed by atoms with Gasteiger partial charge in [0.1, 0.15) is 6.61 Å². The molecule has 0 unspecified atom stereocenters. The van der Waals surface area contributed by atoms with Gasteiger partial charge >= 0.3 is 12.1 Å². The molecule has 27 heavy (non-hydrogen) atoms. The number of carboxylic acids is 1. The Morgan fingerprint density at radius 1 is 1.41 bits per heavy atom. The van der Waals surface area contributed by atoms with Gasteiger partial charge in [0.2, 0.25) is 0 Å². The van der Waals surface area contributed by atoms with Gasteiger partial charge in [-0.3, -0.25) is 14.9 Å². The number of alkyl halides is 1. The monoisotopic (exact) mass is 401 g/mol. The van der Waals surface area contributed by atoms with Crippen molar-refractivity contribution in [2.75, 3.05) is 19.0 Å². The van der Waals surface area contributed by atoms with Crippen molar-refractivity contribution in [3.8, 4) is 0 Å². The van der Waals surface area contributed by atoms with Gasteiger partial charge in [-0.1, -0.05) is 6.92 Å². The van der Waals surface area contributed by atoms with Crippen LogP contribution in [0.5, 0.6) is 0 Å². The van der Waals surface area contributed by atoms with Crippen LogP contribution in [0.3, 0.4) is 0 Å². The summed E-state index contributed by atoms with van der Waals surface area (Å²) in [6.45, 7) is 2.74. The number of aliphatic carboxylic acids is 1. The number of amides is 1. The van der Waals surface area contributed by atoms with E-state index in [1.807, 2.05) is 6.92 Å². The Morgan fingerprint density at radius 2 is 2.11 bits per heavy atom. The van der Waals surface area contributed by atoms with Crippen LogP contribution < -0.4 is 5.73 Å². The van der Waals surface area contributed by atoms with Crippen molar-refractivity contribution in [1.82, 2.24) is 4.90 Å². The lowest BCUT2D eigenvalue weighted by atomic mass is 10.0. The molecule has 0 aliphatic rings. The molecule has 0 heterocycles. The van der Waals surface area contributed by atoms with Gasteiger partial charge in [-0.2, -0.15) is 0 Å². The molecule has 150 valence electrons. The summed E-state index contributed by atoms with van der Waals surface area (Å²) in [7, 11) is 0. The van der Waals surface area contributed by atoms with Crippen LogP contribution in [0.4, 0.5) is 10.5 Å². The zero-order valence-corrected chi connectivity index (χ0v) is 15.9. The van der Waals surface area contributed by atoms with E-state index in [1.165, 1.54) is 23.1 Å². The second-order valence-corrected chi connectivity index (χ2v) is 6.39. The van der Waals surface area contributed by atoms with Crippen LogP contribution in [0.2, 0.25) is 0 Å². The smallest absolute Gasteiger partial charge is 0.410 e. The van der Waals surface area contributed by atoms with Crippen LogP contribution in [-0.2, 0) is 22.6 Å². The van der Waals surface area contributed by atoms with Crippen molar-refractivity contribution < 1.29 is 24.4 Å². The number of carbonyl (C=O) groups is 2. The van der Waals surface area contributed by atoms with Crippen molar-refractivity contribution in [2.45, 2.75) is 38.8 Å². The molecule has 0 aliphatic carbocycles. The predicted molar refractivity (Wildman–Crippen MR) is 99.8 cm³/mol. The molecule has 9 nitrogen and oxygen atoms in total. The minimum absolute atomic E-state index is 0.0264. The lowest BCUT2D eigenvalue weighted by Crippen LogP contribution is -2.33. The molecule has 0 spiro atoms. The van der Waals surface area contributed by atoms with Crippen LogP contribution in [0.25, 0.3) is 0 Å². The highest BCUT2D eigenvalue weighted by Gasteiger charge is 2.19. The molecule has 1 amide bonds. The number of benzene rings is 1. The largest absolute Gasteiger partial charge is 0.481 e. The number of halogens is 1. The Bertz CT molecular complexity index is 664. The van der Waals surface area contributed by atoms with Gasteiger partial charge in [0.15, 0.2) is 0 Å². The number of ether oxygens (including phenoxy) is 1. The third-order valence-corrected chi connectivity index (χ3v) is 3.90. The molecule has 0 bridgehead atoms. The minimum atomic E-state index is -1.08. The van der Waals surface area contributed by atoms with Crippen LogP contribution in [0.1, 0.15) is 30.9 Å². The van der Waals surface area contributed by atoms with Gasteiger partial charge in [-0.05, 0) is 30.5 Å². The first kappa shape index (κ1) is 22.7. The molecular formula is C17H24ClN3O6. The lowest BCUT2D eigenvalue weighted by molar-refractivity contribution is -0.385. The van der Waals surface area contributed by atoms with Gasteiger partial charge in [0, 0.05) is 36.6 Å². The Balaban J connectivity index is 2.86. The summed E-state index contributed by atoms with van der Waals surface area (Å²) in [5.41, 5.74) is 6.44. The summed E-state index contributed by atoms with van der Waals surface area (Å²) in [6, 6.07) is 3.54. The average molecular weight is 402 g/mol. The number of nitrogens with zero attached hydrogens (tertiary/aromatic N) is 2. The van der Waals surface area contributed by atoms with E-state index in [0.717, 1.165) is 6.42 Å². The molecule has 0 saturated heterocycles. The fourth-order valence-electron chi connectivity index (χ4n) is 2.55. The van der Waals surface area contributed by atoms with Crippen LogP contribution >= 0.6 is 11.6 Å². The molecule has 0 saturated carbocycles. The second kappa shape index (κ2) is 11.3. The number of hydrogen-bond donors (Lipinski definition) is 2. The van der Waals surface area contributed by atoms with Gasteiger partial charge in [0.25, 0.3) is 5.69 Å². The van der Waals surface area contributed by atoms with Crippen molar-refractivity contribution in [1.29, 1.82) is 0 Å². The summed E-state index contributed by atoms with van der Waals surface area (Å²) in [4.78, 5) is 35.0. The first-order chi connectivity index (χ1) is 12.8. The molecule has 3 N–H and O–H groups in total. The Morgan fingerprint density at radius 3 is 2.67 bits per heavy atom. The number of carboxylic acid groups (broad SMARTS) is 1. The van der Waals surface area contributed by atoms with E-state index in [9.17, 15) is 19.7 Å². The van der Waals surface area contributed by atoms with Crippen molar-refractivity contribution in [3.05, 3.63) is 39.4 Å². The molecule has 1 aromatic rings. The van der Waals surface area contributed by atoms with E-state index in [2.05, 4.69) is 0 Å². The summed E-state index contributed by atoms with van der Waals surface area (Å²) in [5.74, 6) is -0.788. The van der Waals surface area contributed by atoms with Crippen LogP contribution in [0, 0.1) is 10.1 Å². The Hall–Kier alpha value is -2.39. The molecule has 0 aromatic heterocycles. The zero-order valence-electron chi connectivity index (χ0n) is 15.1. The second-order valence-electron chi connectivity index (χ2n) is 6.01. The van der Waals surface area contributed by atoms with Gasteiger partial charge in [-0.15, -0.1) is 11.6 Å². The third-order valence-electron chi connectivity index (χ3n) is 3.73. The topological polar surface area (TPSA) is 136 Å². The summed E-state index contributed by atoms with van der Waals surface area (Å²) >= 11 is 5.68. The molecule has 0 fully saturated rings. The van der Waals surface area contributed by atoms with Gasteiger partial charge in [-0.25, -0.2) is 4.79 Å². The first-order valence-electron chi connectivity index (χ1n) is 8.49. The lowest BCUT2D eigenvalue weighted by Gasteiger charge is -2.20. The van der Waals surface area contributed by atoms with Crippen molar-refractivity contribution in [2.24, 2.45) is 5.73 Å². The average Bonchev–Trinajstić information content (AvgIpc) is 2.58.